The molecule has 1 aromatic carbocycles. The van der Waals surface area contributed by atoms with Gasteiger partial charge in [0.05, 0.1) is 7.11 Å². The molecule has 0 aliphatic heterocycles. The van der Waals surface area contributed by atoms with Crippen molar-refractivity contribution in [3.63, 3.8) is 0 Å². The molecular formula is C17H27NO. The summed E-state index contributed by atoms with van der Waals surface area (Å²) in [6, 6.07) is 9.41. The summed E-state index contributed by atoms with van der Waals surface area (Å²) in [5.74, 6) is 2.58. The summed E-state index contributed by atoms with van der Waals surface area (Å²) in [7, 11) is 1.72. The molecule has 2 nitrogen and oxygen atoms in total. The molecule has 106 valence electrons. The van der Waals surface area contributed by atoms with E-state index in [9.17, 15) is 0 Å². The van der Waals surface area contributed by atoms with Crippen molar-refractivity contribution >= 4 is 0 Å². The molecule has 2 rings (SSSR count). The van der Waals surface area contributed by atoms with E-state index in [1.807, 2.05) is 6.07 Å². The Labute approximate surface area is 117 Å². The van der Waals surface area contributed by atoms with Crippen LogP contribution in [0.1, 0.15) is 51.6 Å². The van der Waals surface area contributed by atoms with Gasteiger partial charge in [-0.05, 0) is 49.3 Å². The number of nitrogens with one attached hydrogen (secondary N) is 1. The summed E-state index contributed by atoms with van der Waals surface area (Å²) in [5, 5.41) is 3.81. The minimum atomic E-state index is 0.382. The number of hydrogen-bond acceptors (Lipinski definition) is 2. The van der Waals surface area contributed by atoms with Gasteiger partial charge in [-0.1, -0.05) is 32.4 Å². The van der Waals surface area contributed by atoms with Gasteiger partial charge in [-0.15, -0.1) is 0 Å². The first-order chi connectivity index (χ1) is 9.10. The predicted molar refractivity (Wildman–Crippen MR) is 80.5 cm³/mol. The summed E-state index contributed by atoms with van der Waals surface area (Å²) >= 11 is 0. The average Bonchev–Trinajstić information content (AvgIpc) is 2.43. The van der Waals surface area contributed by atoms with E-state index < -0.39 is 0 Å². The van der Waals surface area contributed by atoms with Gasteiger partial charge in [0.2, 0.25) is 0 Å². The summed E-state index contributed by atoms with van der Waals surface area (Å²) < 4.78 is 5.31. The Morgan fingerprint density at radius 1 is 1.26 bits per heavy atom. The molecule has 0 heterocycles. The van der Waals surface area contributed by atoms with Crippen molar-refractivity contribution in [3.05, 3.63) is 29.8 Å². The minimum absolute atomic E-state index is 0.382. The second-order valence-electron chi connectivity index (χ2n) is 6.17. The number of benzene rings is 1. The second-order valence-corrected chi connectivity index (χ2v) is 6.17. The quantitative estimate of drug-likeness (QED) is 0.878. The Morgan fingerprint density at radius 2 is 2.05 bits per heavy atom. The van der Waals surface area contributed by atoms with Crippen molar-refractivity contribution in [2.75, 3.05) is 7.11 Å². The van der Waals surface area contributed by atoms with Crippen molar-refractivity contribution in [1.82, 2.24) is 5.32 Å². The van der Waals surface area contributed by atoms with E-state index in [1.165, 1.54) is 24.8 Å². The molecule has 0 spiro atoms. The van der Waals surface area contributed by atoms with Gasteiger partial charge >= 0.3 is 0 Å². The summed E-state index contributed by atoms with van der Waals surface area (Å²) in [5.41, 5.74) is 1.31. The molecule has 19 heavy (non-hydrogen) atoms. The fraction of sp³-hybridized carbons (Fsp3) is 0.647. The summed E-state index contributed by atoms with van der Waals surface area (Å²) in [6.07, 6.45) is 4.03. The Kier molecular flexibility index (Phi) is 4.87. The lowest BCUT2D eigenvalue weighted by molar-refractivity contribution is 0.216. The maximum absolute atomic E-state index is 5.31. The first-order valence-electron chi connectivity index (χ1n) is 7.50. The van der Waals surface area contributed by atoms with Gasteiger partial charge in [0.1, 0.15) is 5.75 Å². The van der Waals surface area contributed by atoms with Crippen LogP contribution in [-0.4, -0.2) is 13.2 Å². The summed E-state index contributed by atoms with van der Waals surface area (Å²) in [6.45, 7) is 7.00. The fourth-order valence-electron chi connectivity index (χ4n) is 3.09. The molecular weight excluding hydrogens is 234 g/mol. The molecule has 4 unspecified atom stereocenters. The van der Waals surface area contributed by atoms with Crippen LogP contribution < -0.4 is 10.1 Å². The van der Waals surface area contributed by atoms with Crippen molar-refractivity contribution < 1.29 is 4.74 Å². The zero-order chi connectivity index (χ0) is 13.8. The van der Waals surface area contributed by atoms with E-state index in [-0.39, 0.29) is 0 Å². The van der Waals surface area contributed by atoms with Crippen LogP contribution in [0, 0.1) is 11.8 Å². The standard InChI is InChI=1S/C17H27NO/c1-12-8-9-13(2)17(10-12)18-14(3)15-6-5-7-16(11-15)19-4/h5-7,11-14,17-18H,8-10H2,1-4H3. The molecule has 2 heteroatoms. The van der Waals surface area contributed by atoms with Crippen molar-refractivity contribution in [2.45, 2.75) is 52.1 Å². The Morgan fingerprint density at radius 3 is 2.79 bits per heavy atom. The van der Waals surface area contributed by atoms with E-state index in [2.05, 4.69) is 44.3 Å². The van der Waals surface area contributed by atoms with Crippen LogP contribution >= 0.6 is 0 Å². The average molecular weight is 261 g/mol. The van der Waals surface area contributed by atoms with Gasteiger partial charge in [-0.2, -0.15) is 0 Å². The van der Waals surface area contributed by atoms with Gasteiger partial charge < -0.3 is 10.1 Å². The lowest BCUT2D eigenvalue weighted by Crippen LogP contribution is -2.40. The highest BCUT2D eigenvalue weighted by atomic mass is 16.5. The van der Waals surface area contributed by atoms with Gasteiger partial charge in [0, 0.05) is 12.1 Å². The molecule has 0 bridgehead atoms. The highest BCUT2D eigenvalue weighted by Crippen LogP contribution is 2.30. The van der Waals surface area contributed by atoms with Gasteiger partial charge in [0.15, 0.2) is 0 Å². The molecule has 4 atom stereocenters. The molecule has 1 aliphatic rings. The number of ether oxygens (including phenoxy) is 1. The monoisotopic (exact) mass is 261 g/mol. The Balaban J connectivity index is 2.01. The van der Waals surface area contributed by atoms with Gasteiger partial charge in [-0.3, -0.25) is 0 Å². The van der Waals surface area contributed by atoms with Crippen LogP contribution in [0.3, 0.4) is 0 Å². The lowest BCUT2D eigenvalue weighted by atomic mass is 9.79. The fourth-order valence-corrected chi connectivity index (χ4v) is 3.09. The maximum Gasteiger partial charge on any atom is 0.119 e. The lowest BCUT2D eigenvalue weighted by Gasteiger charge is -2.35. The zero-order valence-electron chi connectivity index (χ0n) is 12.6. The van der Waals surface area contributed by atoms with Crippen molar-refractivity contribution in [2.24, 2.45) is 11.8 Å². The highest BCUT2D eigenvalue weighted by Gasteiger charge is 2.26. The third-order valence-corrected chi connectivity index (χ3v) is 4.52. The second kappa shape index (κ2) is 6.42. The van der Waals surface area contributed by atoms with E-state index in [0.29, 0.717) is 12.1 Å². The molecule has 0 saturated heterocycles. The maximum atomic E-state index is 5.31. The first kappa shape index (κ1) is 14.4. The molecule has 1 saturated carbocycles. The molecule has 1 N–H and O–H groups in total. The number of rotatable bonds is 4. The molecule has 1 aliphatic carbocycles. The van der Waals surface area contributed by atoms with E-state index in [1.54, 1.807) is 7.11 Å². The van der Waals surface area contributed by atoms with Crippen LogP contribution in [0.4, 0.5) is 0 Å². The SMILES string of the molecule is COc1cccc(C(C)NC2CC(C)CCC2C)c1. The zero-order valence-corrected chi connectivity index (χ0v) is 12.6. The highest BCUT2D eigenvalue weighted by molar-refractivity contribution is 5.30. The smallest absolute Gasteiger partial charge is 0.119 e. The summed E-state index contributed by atoms with van der Waals surface area (Å²) in [4.78, 5) is 0. The van der Waals surface area contributed by atoms with Crippen molar-refractivity contribution in [3.8, 4) is 5.75 Å². The first-order valence-corrected chi connectivity index (χ1v) is 7.50. The van der Waals surface area contributed by atoms with Gasteiger partial charge in [0.25, 0.3) is 0 Å². The Hall–Kier alpha value is -1.02. The molecule has 0 radical (unpaired) electrons. The third-order valence-electron chi connectivity index (χ3n) is 4.52. The molecule has 1 fully saturated rings. The largest absolute Gasteiger partial charge is 0.497 e. The van der Waals surface area contributed by atoms with Crippen LogP contribution in [0.25, 0.3) is 0 Å². The van der Waals surface area contributed by atoms with Gasteiger partial charge in [-0.25, -0.2) is 0 Å². The molecule has 1 aromatic rings. The molecule has 0 amide bonds. The van der Waals surface area contributed by atoms with E-state index >= 15 is 0 Å². The number of hydrogen-bond donors (Lipinski definition) is 1. The third kappa shape index (κ3) is 3.73. The van der Waals surface area contributed by atoms with Crippen LogP contribution in [0.5, 0.6) is 5.75 Å². The van der Waals surface area contributed by atoms with E-state index in [4.69, 9.17) is 4.74 Å². The molecule has 0 aromatic heterocycles. The predicted octanol–water partition coefficient (Wildman–Crippen LogP) is 4.17. The van der Waals surface area contributed by atoms with Crippen LogP contribution in [0.2, 0.25) is 0 Å². The van der Waals surface area contributed by atoms with Crippen molar-refractivity contribution in [1.29, 1.82) is 0 Å². The number of methoxy groups -OCH3 is 1. The van der Waals surface area contributed by atoms with Crippen LogP contribution in [-0.2, 0) is 0 Å². The van der Waals surface area contributed by atoms with Crippen LogP contribution in [0.15, 0.2) is 24.3 Å². The Bertz CT molecular complexity index is 404. The van der Waals surface area contributed by atoms with E-state index in [0.717, 1.165) is 17.6 Å². The normalized spacial score (nSPS) is 28.9. The minimum Gasteiger partial charge on any atom is -0.497 e. The topological polar surface area (TPSA) is 21.3 Å².